The van der Waals surface area contributed by atoms with Gasteiger partial charge in [0.05, 0.1) is 13.0 Å². The lowest BCUT2D eigenvalue weighted by Crippen LogP contribution is -2.36. The number of rotatable bonds is 6. The number of pyridine rings is 2. The van der Waals surface area contributed by atoms with Gasteiger partial charge in [-0.2, -0.15) is 0 Å². The van der Waals surface area contributed by atoms with E-state index in [1.165, 1.54) is 13.2 Å². The van der Waals surface area contributed by atoms with Crippen molar-refractivity contribution in [3.05, 3.63) is 93.7 Å². The summed E-state index contributed by atoms with van der Waals surface area (Å²) < 4.78 is 12.5. The van der Waals surface area contributed by atoms with E-state index < -0.39 is 5.97 Å². The van der Waals surface area contributed by atoms with Crippen molar-refractivity contribution in [3.8, 4) is 5.75 Å². The third kappa shape index (κ3) is 4.85. The highest BCUT2D eigenvalue weighted by molar-refractivity contribution is 5.93. The minimum Gasteiger partial charge on any atom is -0.488 e. The van der Waals surface area contributed by atoms with Crippen LogP contribution in [-0.2, 0) is 29.1 Å². The van der Waals surface area contributed by atoms with E-state index in [-0.39, 0.29) is 41.8 Å². The number of amides is 1. The number of carbonyl (C=O) groups is 2. The highest BCUT2D eigenvalue weighted by atomic mass is 16.5. The van der Waals surface area contributed by atoms with Crippen molar-refractivity contribution < 1.29 is 19.1 Å². The van der Waals surface area contributed by atoms with Crippen LogP contribution in [0.15, 0.2) is 65.7 Å². The standard InChI is InChI=1S/C26H27N3O5/c1-18(20-6-4-3-5-7-20)25(31)28-13-10-21-24(26(32)33-2)22(16-23(30)29(21)15-14-28)34-17-19-8-11-27-12-9-19/h3-9,11-12,16,18H,10,13-15,17H2,1-2H3. The zero-order valence-electron chi connectivity index (χ0n) is 19.3. The maximum absolute atomic E-state index is 13.2. The first kappa shape index (κ1) is 23.2. The molecule has 3 aromatic rings. The molecule has 3 heterocycles. The topological polar surface area (TPSA) is 90.7 Å². The molecule has 1 aliphatic heterocycles. The second-order valence-electron chi connectivity index (χ2n) is 8.16. The molecule has 0 bridgehead atoms. The van der Waals surface area contributed by atoms with Gasteiger partial charge in [0.25, 0.3) is 5.56 Å². The first-order valence-corrected chi connectivity index (χ1v) is 11.2. The number of fused-ring (bicyclic) bond motifs is 1. The lowest BCUT2D eigenvalue weighted by atomic mass is 9.99. The summed E-state index contributed by atoms with van der Waals surface area (Å²) in [4.78, 5) is 44.6. The molecular weight excluding hydrogens is 434 g/mol. The third-order valence-electron chi connectivity index (χ3n) is 6.11. The molecule has 1 aromatic carbocycles. The van der Waals surface area contributed by atoms with Crippen LogP contribution in [0.2, 0.25) is 0 Å². The van der Waals surface area contributed by atoms with Gasteiger partial charge in [0.1, 0.15) is 17.9 Å². The van der Waals surface area contributed by atoms with Gasteiger partial charge in [-0.25, -0.2) is 4.79 Å². The molecule has 34 heavy (non-hydrogen) atoms. The van der Waals surface area contributed by atoms with Crippen molar-refractivity contribution in [1.29, 1.82) is 0 Å². The van der Waals surface area contributed by atoms with Crippen molar-refractivity contribution in [3.63, 3.8) is 0 Å². The second-order valence-corrected chi connectivity index (χ2v) is 8.16. The maximum atomic E-state index is 13.2. The Bertz CT molecular complexity index is 1220. The molecule has 0 saturated heterocycles. The molecule has 0 saturated carbocycles. The Morgan fingerprint density at radius 3 is 2.50 bits per heavy atom. The molecular formula is C26H27N3O5. The smallest absolute Gasteiger partial charge is 0.343 e. The Balaban J connectivity index is 1.61. The summed E-state index contributed by atoms with van der Waals surface area (Å²) >= 11 is 0. The van der Waals surface area contributed by atoms with E-state index in [2.05, 4.69) is 4.98 Å². The number of esters is 1. The number of nitrogens with zero attached hydrogens (tertiary/aromatic N) is 3. The predicted octanol–water partition coefficient (Wildman–Crippen LogP) is 2.80. The molecule has 4 rings (SSSR count). The molecule has 0 aliphatic carbocycles. The van der Waals surface area contributed by atoms with Gasteiger partial charge in [-0.05, 0) is 30.2 Å². The van der Waals surface area contributed by atoms with Gasteiger partial charge in [-0.1, -0.05) is 30.3 Å². The van der Waals surface area contributed by atoms with Crippen LogP contribution < -0.4 is 10.3 Å². The molecule has 0 spiro atoms. The van der Waals surface area contributed by atoms with Crippen LogP contribution in [0.1, 0.15) is 40.0 Å². The summed E-state index contributed by atoms with van der Waals surface area (Å²) in [5.74, 6) is -0.720. The zero-order chi connectivity index (χ0) is 24.1. The number of benzene rings is 1. The Morgan fingerprint density at radius 1 is 1.06 bits per heavy atom. The molecule has 0 radical (unpaired) electrons. The van der Waals surface area contributed by atoms with Crippen molar-refractivity contribution in [2.24, 2.45) is 0 Å². The van der Waals surface area contributed by atoms with Crippen molar-refractivity contribution >= 4 is 11.9 Å². The van der Waals surface area contributed by atoms with Crippen molar-refractivity contribution in [2.75, 3.05) is 20.2 Å². The number of ether oxygens (including phenoxy) is 2. The van der Waals surface area contributed by atoms with E-state index in [1.54, 1.807) is 34.0 Å². The van der Waals surface area contributed by atoms with Crippen LogP contribution in [0.4, 0.5) is 0 Å². The average Bonchev–Trinajstić information content (AvgIpc) is 3.11. The first-order valence-electron chi connectivity index (χ1n) is 11.2. The summed E-state index contributed by atoms with van der Waals surface area (Å²) in [6.07, 6.45) is 3.63. The van der Waals surface area contributed by atoms with Crippen LogP contribution in [0.5, 0.6) is 5.75 Å². The van der Waals surface area contributed by atoms with E-state index in [1.807, 2.05) is 37.3 Å². The molecule has 8 nitrogen and oxygen atoms in total. The summed E-state index contributed by atoms with van der Waals surface area (Å²) in [5.41, 5.74) is 2.26. The fourth-order valence-corrected chi connectivity index (χ4v) is 4.20. The minimum absolute atomic E-state index is 0.0131. The van der Waals surface area contributed by atoms with E-state index in [4.69, 9.17) is 9.47 Å². The molecule has 1 amide bonds. The lowest BCUT2D eigenvalue weighted by Gasteiger charge is -2.24. The molecule has 0 N–H and O–H groups in total. The largest absolute Gasteiger partial charge is 0.488 e. The normalized spacial score (nSPS) is 14.0. The van der Waals surface area contributed by atoms with Gasteiger partial charge in [0.2, 0.25) is 5.91 Å². The van der Waals surface area contributed by atoms with Crippen molar-refractivity contribution in [2.45, 2.75) is 32.4 Å². The molecule has 0 fully saturated rings. The number of aromatic nitrogens is 2. The van der Waals surface area contributed by atoms with Gasteiger partial charge in [0.15, 0.2) is 0 Å². The molecule has 176 valence electrons. The van der Waals surface area contributed by atoms with Crippen molar-refractivity contribution in [1.82, 2.24) is 14.5 Å². The summed E-state index contributed by atoms with van der Waals surface area (Å²) in [6.45, 7) is 3.10. The van der Waals surface area contributed by atoms with Gasteiger partial charge < -0.3 is 18.9 Å². The summed E-state index contributed by atoms with van der Waals surface area (Å²) in [6, 6.07) is 14.5. The number of carbonyl (C=O) groups excluding carboxylic acids is 2. The lowest BCUT2D eigenvalue weighted by molar-refractivity contribution is -0.132. The monoisotopic (exact) mass is 461 g/mol. The van der Waals surface area contributed by atoms with Gasteiger partial charge >= 0.3 is 5.97 Å². The Labute approximate surface area is 197 Å². The summed E-state index contributed by atoms with van der Waals surface area (Å²) in [5, 5.41) is 0. The van der Waals surface area contributed by atoms with E-state index in [0.29, 0.717) is 25.2 Å². The van der Waals surface area contributed by atoms with Crippen LogP contribution >= 0.6 is 0 Å². The molecule has 1 unspecified atom stereocenters. The van der Waals surface area contributed by atoms with Crippen LogP contribution in [0.25, 0.3) is 0 Å². The molecule has 1 atom stereocenters. The number of hydrogen-bond donors (Lipinski definition) is 0. The Morgan fingerprint density at radius 2 is 1.79 bits per heavy atom. The summed E-state index contributed by atoms with van der Waals surface area (Å²) in [7, 11) is 1.30. The molecule has 8 heteroatoms. The number of methoxy groups -OCH3 is 1. The number of hydrogen-bond acceptors (Lipinski definition) is 6. The maximum Gasteiger partial charge on any atom is 0.343 e. The van der Waals surface area contributed by atoms with Crippen LogP contribution in [0.3, 0.4) is 0 Å². The quantitative estimate of drug-likeness (QED) is 0.525. The second kappa shape index (κ2) is 10.3. The fourth-order valence-electron chi connectivity index (χ4n) is 4.20. The highest BCUT2D eigenvalue weighted by Crippen LogP contribution is 2.26. The fraction of sp³-hybridized carbons (Fsp3) is 0.308. The van der Waals surface area contributed by atoms with E-state index >= 15 is 0 Å². The predicted molar refractivity (Wildman–Crippen MR) is 126 cm³/mol. The first-order chi connectivity index (χ1) is 16.5. The molecule has 1 aliphatic rings. The van der Waals surface area contributed by atoms with Crippen LogP contribution in [0, 0.1) is 0 Å². The SMILES string of the molecule is COC(=O)c1c(OCc2ccncc2)cc(=O)n2c1CCN(C(=O)C(C)c1ccccc1)CC2. The Kier molecular flexibility index (Phi) is 7.06. The van der Waals surface area contributed by atoms with E-state index in [9.17, 15) is 14.4 Å². The Hall–Kier alpha value is -3.94. The zero-order valence-corrected chi connectivity index (χ0v) is 19.3. The molecule has 2 aromatic heterocycles. The van der Waals surface area contributed by atoms with E-state index in [0.717, 1.165) is 11.1 Å². The third-order valence-corrected chi connectivity index (χ3v) is 6.11. The van der Waals surface area contributed by atoms with Gasteiger partial charge in [-0.15, -0.1) is 0 Å². The van der Waals surface area contributed by atoms with Gasteiger partial charge in [-0.3, -0.25) is 14.6 Å². The van der Waals surface area contributed by atoms with Gasteiger partial charge in [0, 0.05) is 50.2 Å². The average molecular weight is 462 g/mol. The highest BCUT2D eigenvalue weighted by Gasteiger charge is 2.29. The minimum atomic E-state index is -0.578. The van der Waals surface area contributed by atoms with Crippen LogP contribution in [-0.4, -0.2) is 46.5 Å².